The second-order valence-corrected chi connectivity index (χ2v) is 6.50. The van der Waals surface area contributed by atoms with Crippen molar-refractivity contribution in [2.45, 2.75) is 38.0 Å². The van der Waals surface area contributed by atoms with E-state index in [1.165, 1.54) is 11.1 Å². The van der Waals surface area contributed by atoms with Crippen LogP contribution in [0.1, 0.15) is 30.9 Å². The molecule has 0 aromatic heterocycles. The number of nitrogens with two attached hydrogens (primary N) is 1. The van der Waals surface area contributed by atoms with Crippen LogP contribution in [0.25, 0.3) is 0 Å². The van der Waals surface area contributed by atoms with Crippen LogP contribution in [-0.4, -0.2) is 23.9 Å². The largest absolute Gasteiger partial charge is 0.465 e. The fourth-order valence-electron chi connectivity index (χ4n) is 2.35. The van der Waals surface area contributed by atoms with Gasteiger partial charge in [-0.3, -0.25) is 4.79 Å². The Morgan fingerprint density at radius 1 is 1.50 bits per heavy atom. The molecule has 1 aliphatic rings. The van der Waals surface area contributed by atoms with Gasteiger partial charge in [0.2, 0.25) is 0 Å². The van der Waals surface area contributed by atoms with E-state index in [0.717, 1.165) is 18.6 Å². The first-order valence-electron chi connectivity index (χ1n) is 7.15. The maximum absolute atomic E-state index is 12.1. The van der Waals surface area contributed by atoms with Crippen LogP contribution < -0.4 is 5.73 Å². The summed E-state index contributed by atoms with van der Waals surface area (Å²) in [4.78, 5) is 12.1. The molecule has 2 N–H and O–H groups in total. The van der Waals surface area contributed by atoms with Gasteiger partial charge in [-0.1, -0.05) is 29.8 Å². The second-order valence-electron chi connectivity index (χ2n) is 5.52. The average molecular weight is 293 g/mol. The Hall–Kier alpha value is -1.00. The highest BCUT2D eigenvalue weighted by Crippen LogP contribution is 2.41. The van der Waals surface area contributed by atoms with Gasteiger partial charge in [-0.05, 0) is 38.2 Å². The molecule has 0 aliphatic heterocycles. The van der Waals surface area contributed by atoms with Gasteiger partial charge >= 0.3 is 5.97 Å². The fraction of sp³-hybridized carbons (Fsp3) is 0.562. The molecular weight excluding hydrogens is 270 g/mol. The number of ether oxygens (including phenoxy) is 1. The number of hydrogen-bond acceptors (Lipinski definition) is 4. The molecule has 0 radical (unpaired) electrons. The van der Waals surface area contributed by atoms with Gasteiger partial charge in [-0.25, -0.2) is 0 Å². The summed E-state index contributed by atoms with van der Waals surface area (Å²) in [5.74, 6) is 1.57. The van der Waals surface area contributed by atoms with Gasteiger partial charge in [0.15, 0.2) is 0 Å². The molecule has 1 aromatic carbocycles. The van der Waals surface area contributed by atoms with Crippen molar-refractivity contribution in [1.82, 2.24) is 0 Å². The van der Waals surface area contributed by atoms with Gasteiger partial charge in [0.1, 0.15) is 5.54 Å². The molecule has 0 heterocycles. The van der Waals surface area contributed by atoms with Crippen molar-refractivity contribution >= 4 is 17.7 Å². The van der Waals surface area contributed by atoms with Crippen molar-refractivity contribution in [3.8, 4) is 0 Å². The molecule has 1 saturated carbocycles. The summed E-state index contributed by atoms with van der Waals surface area (Å²) in [6.07, 6.45) is 2.08. The van der Waals surface area contributed by atoms with Crippen LogP contribution in [-0.2, 0) is 15.3 Å². The molecule has 1 aromatic rings. The van der Waals surface area contributed by atoms with Gasteiger partial charge in [0.05, 0.1) is 6.61 Å². The Morgan fingerprint density at radius 3 is 2.85 bits per heavy atom. The van der Waals surface area contributed by atoms with E-state index in [4.69, 9.17) is 10.5 Å². The van der Waals surface area contributed by atoms with E-state index in [0.29, 0.717) is 18.3 Å². The Kier molecular flexibility index (Phi) is 5.11. The molecule has 1 unspecified atom stereocenters. The summed E-state index contributed by atoms with van der Waals surface area (Å²) in [5.41, 5.74) is 8.06. The van der Waals surface area contributed by atoms with E-state index in [1.807, 2.05) is 6.92 Å². The van der Waals surface area contributed by atoms with Crippen LogP contribution in [0.3, 0.4) is 0 Å². The smallest absolute Gasteiger partial charge is 0.327 e. The van der Waals surface area contributed by atoms with E-state index < -0.39 is 5.54 Å². The number of benzene rings is 1. The van der Waals surface area contributed by atoms with Gasteiger partial charge in [-0.15, -0.1) is 0 Å². The first-order chi connectivity index (χ1) is 9.56. The minimum Gasteiger partial charge on any atom is -0.465 e. The summed E-state index contributed by atoms with van der Waals surface area (Å²) in [7, 11) is 0. The van der Waals surface area contributed by atoms with Crippen molar-refractivity contribution < 1.29 is 9.53 Å². The molecule has 3 nitrogen and oxygen atoms in total. The third-order valence-electron chi connectivity index (χ3n) is 3.65. The molecule has 1 aliphatic carbocycles. The van der Waals surface area contributed by atoms with Crippen LogP contribution in [0.4, 0.5) is 0 Å². The van der Waals surface area contributed by atoms with Gasteiger partial charge in [0.25, 0.3) is 0 Å². The molecule has 2 rings (SSSR count). The minimum atomic E-state index is -0.801. The Labute approximate surface area is 125 Å². The third kappa shape index (κ3) is 3.76. The maximum Gasteiger partial charge on any atom is 0.327 e. The van der Waals surface area contributed by atoms with Crippen molar-refractivity contribution in [1.29, 1.82) is 0 Å². The minimum absolute atomic E-state index is 0.237. The van der Waals surface area contributed by atoms with E-state index >= 15 is 0 Å². The maximum atomic E-state index is 12.1. The van der Waals surface area contributed by atoms with Crippen LogP contribution in [0.2, 0.25) is 0 Å². The lowest BCUT2D eigenvalue weighted by molar-refractivity contribution is -0.149. The van der Waals surface area contributed by atoms with Crippen molar-refractivity contribution in [2.75, 3.05) is 12.4 Å². The lowest BCUT2D eigenvalue weighted by Gasteiger charge is -2.26. The van der Waals surface area contributed by atoms with E-state index in [9.17, 15) is 4.79 Å². The van der Waals surface area contributed by atoms with Crippen LogP contribution in [0, 0.1) is 12.8 Å². The molecule has 1 fully saturated rings. The number of hydrogen-bond donors (Lipinski definition) is 1. The van der Waals surface area contributed by atoms with Crippen molar-refractivity contribution in [3.63, 3.8) is 0 Å². The lowest BCUT2D eigenvalue weighted by Crippen LogP contribution is -2.53. The number of carbonyl (C=O) groups excluding carboxylic acids is 1. The van der Waals surface area contributed by atoms with Gasteiger partial charge in [-0.2, -0.15) is 11.8 Å². The SMILES string of the molecule is CCOC(=O)C(N)(CSCc1cccc(C)c1)C1CC1. The highest BCUT2D eigenvalue weighted by molar-refractivity contribution is 7.98. The molecule has 1 atom stereocenters. The summed E-state index contributed by atoms with van der Waals surface area (Å²) in [6.45, 7) is 4.31. The van der Waals surface area contributed by atoms with Gasteiger partial charge < -0.3 is 10.5 Å². The van der Waals surface area contributed by atoms with Crippen LogP contribution in [0.5, 0.6) is 0 Å². The fourth-order valence-corrected chi connectivity index (χ4v) is 3.56. The summed E-state index contributed by atoms with van der Waals surface area (Å²) < 4.78 is 5.15. The number of carbonyl (C=O) groups is 1. The highest BCUT2D eigenvalue weighted by Gasteiger charge is 2.48. The zero-order valence-corrected chi connectivity index (χ0v) is 13.0. The van der Waals surface area contributed by atoms with E-state index in [-0.39, 0.29) is 5.97 Å². The molecule has 4 heteroatoms. The highest BCUT2D eigenvalue weighted by atomic mass is 32.2. The molecule has 0 saturated heterocycles. The normalized spacial score (nSPS) is 17.6. The number of aryl methyl sites for hydroxylation is 1. The Balaban J connectivity index is 1.91. The Bertz CT molecular complexity index is 473. The third-order valence-corrected chi connectivity index (χ3v) is 4.87. The Morgan fingerprint density at radius 2 is 2.25 bits per heavy atom. The van der Waals surface area contributed by atoms with Crippen LogP contribution in [0.15, 0.2) is 24.3 Å². The topological polar surface area (TPSA) is 52.3 Å². The van der Waals surface area contributed by atoms with Gasteiger partial charge in [0, 0.05) is 11.5 Å². The lowest BCUT2D eigenvalue weighted by atomic mass is 9.97. The standard InChI is InChI=1S/C16H23NO2S/c1-3-19-15(18)16(17,14-7-8-14)11-20-10-13-6-4-5-12(2)9-13/h4-6,9,14H,3,7-8,10-11,17H2,1-2H3. The molecule has 0 spiro atoms. The van der Waals surface area contributed by atoms with Crippen molar-refractivity contribution in [3.05, 3.63) is 35.4 Å². The predicted octanol–water partition coefficient (Wildman–Crippen LogP) is 2.90. The summed E-state index contributed by atoms with van der Waals surface area (Å²) in [6, 6.07) is 8.43. The zero-order valence-electron chi connectivity index (χ0n) is 12.2. The zero-order chi connectivity index (χ0) is 14.6. The van der Waals surface area contributed by atoms with E-state index in [1.54, 1.807) is 11.8 Å². The number of esters is 1. The molecule has 110 valence electrons. The molecule has 0 amide bonds. The van der Waals surface area contributed by atoms with Crippen LogP contribution >= 0.6 is 11.8 Å². The van der Waals surface area contributed by atoms with E-state index in [2.05, 4.69) is 31.2 Å². The quantitative estimate of drug-likeness (QED) is 0.785. The number of thioether (sulfide) groups is 1. The van der Waals surface area contributed by atoms with Crippen molar-refractivity contribution in [2.24, 2.45) is 11.7 Å². The second kappa shape index (κ2) is 6.64. The molecule has 0 bridgehead atoms. The first kappa shape index (κ1) is 15.4. The average Bonchev–Trinajstić information content (AvgIpc) is 3.23. The number of rotatable bonds is 7. The molecular formula is C16H23NO2S. The monoisotopic (exact) mass is 293 g/mol. The molecule has 20 heavy (non-hydrogen) atoms. The summed E-state index contributed by atoms with van der Waals surface area (Å²) in [5, 5.41) is 0. The predicted molar refractivity (Wildman–Crippen MR) is 83.6 cm³/mol. The first-order valence-corrected chi connectivity index (χ1v) is 8.31. The summed E-state index contributed by atoms with van der Waals surface area (Å²) >= 11 is 1.72.